The monoisotopic (exact) mass is 358 g/mol. The van der Waals surface area contributed by atoms with Gasteiger partial charge in [-0.3, -0.25) is 9.59 Å². The first kappa shape index (κ1) is 19.1. The zero-order chi connectivity index (χ0) is 18.3. The van der Waals surface area contributed by atoms with Gasteiger partial charge in [-0.1, -0.05) is 37.5 Å². The van der Waals surface area contributed by atoms with Gasteiger partial charge in [0.15, 0.2) is 0 Å². The second-order valence-corrected chi connectivity index (χ2v) is 5.98. The van der Waals surface area contributed by atoms with E-state index in [2.05, 4.69) is 15.4 Å². The molecular formula is C17H21F3N2O3. The molecule has 0 radical (unpaired) electrons. The van der Waals surface area contributed by atoms with Gasteiger partial charge in [0.25, 0.3) is 0 Å². The fourth-order valence-electron chi connectivity index (χ4n) is 2.81. The normalized spacial score (nSPS) is 15.5. The van der Waals surface area contributed by atoms with Crippen molar-refractivity contribution in [2.45, 2.75) is 45.0 Å². The molecule has 1 saturated carbocycles. The molecule has 8 heteroatoms. The summed E-state index contributed by atoms with van der Waals surface area (Å²) in [5, 5.41) is 5.06. The van der Waals surface area contributed by atoms with Crippen molar-refractivity contribution in [3.63, 3.8) is 0 Å². The van der Waals surface area contributed by atoms with Crippen LogP contribution in [0, 0.1) is 5.92 Å². The Morgan fingerprint density at radius 3 is 2.44 bits per heavy atom. The highest BCUT2D eigenvalue weighted by molar-refractivity contribution is 5.85. The Morgan fingerprint density at radius 2 is 1.76 bits per heavy atom. The standard InChI is InChI=1S/C17H21F3N2O3/c18-17(19,20)25-14-9-5-4-8-13(14)10-21-15(23)11-22-16(24)12-6-2-1-3-7-12/h4-5,8-9,12H,1-3,6-7,10-11H2,(H,21,23)(H,22,24). The quantitative estimate of drug-likeness (QED) is 0.822. The summed E-state index contributed by atoms with van der Waals surface area (Å²) in [5.41, 5.74) is 0.201. The van der Waals surface area contributed by atoms with Crippen LogP contribution in [0.4, 0.5) is 13.2 Å². The number of halogens is 3. The lowest BCUT2D eigenvalue weighted by Crippen LogP contribution is -2.39. The van der Waals surface area contributed by atoms with Crippen LogP contribution in [0.5, 0.6) is 5.75 Å². The summed E-state index contributed by atoms with van der Waals surface area (Å²) in [6.07, 6.45) is 0.0174. The first-order chi connectivity index (χ1) is 11.8. The van der Waals surface area contributed by atoms with Crippen LogP contribution in [0.15, 0.2) is 24.3 Å². The molecule has 0 spiro atoms. The van der Waals surface area contributed by atoms with Gasteiger partial charge in [-0.25, -0.2) is 0 Å². The highest BCUT2D eigenvalue weighted by Crippen LogP contribution is 2.26. The van der Waals surface area contributed by atoms with Gasteiger partial charge in [0.05, 0.1) is 6.54 Å². The topological polar surface area (TPSA) is 67.4 Å². The third kappa shape index (κ3) is 6.64. The van der Waals surface area contributed by atoms with E-state index in [1.807, 2.05) is 0 Å². The van der Waals surface area contributed by atoms with Crippen molar-refractivity contribution < 1.29 is 27.5 Å². The molecule has 2 amide bonds. The number of nitrogens with one attached hydrogen (secondary N) is 2. The Balaban J connectivity index is 1.79. The molecule has 0 unspecified atom stereocenters. The lowest BCUT2D eigenvalue weighted by Gasteiger charge is -2.20. The van der Waals surface area contributed by atoms with Gasteiger partial charge in [0.2, 0.25) is 11.8 Å². The highest BCUT2D eigenvalue weighted by Gasteiger charge is 2.32. The summed E-state index contributed by atoms with van der Waals surface area (Å²) >= 11 is 0. The SMILES string of the molecule is O=C(CNC(=O)C1CCCCC1)NCc1ccccc1OC(F)(F)F. The average molecular weight is 358 g/mol. The van der Waals surface area contributed by atoms with E-state index >= 15 is 0 Å². The Morgan fingerprint density at radius 1 is 1.08 bits per heavy atom. The molecule has 2 N–H and O–H groups in total. The first-order valence-corrected chi connectivity index (χ1v) is 8.23. The molecule has 25 heavy (non-hydrogen) atoms. The van der Waals surface area contributed by atoms with Crippen molar-refractivity contribution in [3.8, 4) is 5.75 Å². The zero-order valence-electron chi connectivity index (χ0n) is 13.7. The molecule has 1 aromatic rings. The van der Waals surface area contributed by atoms with Crippen LogP contribution in [-0.2, 0) is 16.1 Å². The van der Waals surface area contributed by atoms with Gasteiger partial charge < -0.3 is 15.4 Å². The summed E-state index contributed by atoms with van der Waals surface area (Å²) in [7, 11) is 0. The predicted molar refractivity (Wildman–Crippen MR) is 84.6 cm³/mol. The summed E-state index contributed by atoms with van der Waals surface area (Å²) in [6.45, 7) is -0.317. The minimum Gasteiger partial charge on any atom is -0.405 e. The molecule has 0 aromatic heterocycles. The van der Waals surface area contributed by atoms with E-state index in [1.165, 1.54) is 18.2 Å². The van der Waals surface area contributed by atoms with Crippen molar-refractivity contribution in [3.05, 3.63) is 29.8 Å². The lowest BCUT2D eigenvalue weighted by molar-refractivity contribution is -0.274. The summed E-state index contributed by atoms with van der Waals surface area (Å²) in [5.74, 6) is -1.02. The summed E-state index contributed by atoms with van der Waals surface area (Å²) in [6, 6.07) is 5.58. The van der Waals surface area contributed by atoms with Gasteiger partial charge in [-0.15, -0.1) is 13.2 Å². The summed E-state index contributed by atoms with van der Waals surface area (Å²) in [4.78, 5) is 23.8. The van der Waals surface area contributed by atoms with E-state index in [4.69, 9.17) is 0 Å². The van der Waals surface area contributed by atoms with Gasteiger partial charge in [0.1, 0.15) is 5.75 Å². The van der Waals surface area contributed by atoms with E-state index in [-0.39, 0.29) is 36.2 Å². The van der Waals surface area contributed by atoms with Gasteiger partial charge in [-0.2, -0.15) is 0 Å². The zero-order valence-corrected chi connectivity index (χ0v) is 13.7. The second kappa shape index (κ2) is 8.73. The molecule has 0 bridgehead atoms. The molecular weight excluding hydrogens is 337 g/mol. The van der Waals surface area contributed by atoms with Crippen LogP contribution in [0.1, 0.15) is 37.7 Å². The van der Waals surface area contributed by atoms with Crippen LogP contribution in [0.3, 0.4) is 0 Å². The van der Waals surface area contributed by atoms with Crippen LogP contribution >= 0.6 is 0 Å². The molecule has 0 heterocycles. The van der Waals surface area contributed by atoms with Crippen LogP contribution < -0.4 is 15.4 Å². The first-order valence-electron chi connectivity index (χ1n) is 8.23. The number of hydrogen-bond acceptors (Lipinski definition) is 3. The number of hydrogen-bond donors (Lipinski definition) is 2. The number of ether oxygens (including phenoxy) is 1. The molecule has 1 aromatic carbocycles. The largest absolute Gasteiger partial charge is 0.573 e. The maximum Gasteiger partial charge on any atom is 0.573 e. The van der Waals surface area contributed by atoms with Crippen molar-refractivity contribution in [2.75, 3.05) is 6.54 Å². The fourth-order valence-corrected chi connectivity index (χ4v) is 2.81. The highest BCUT2D eigenvalue weighted by atomic mass is 19.4. The minimum absolute atomic E-state index is 0.0533. The number of alkyl halides is 3. The summed E-state index contributed by atoms with van der Waals surface area (Å²) < 4.78 is 41.0. The number of rotatable bonds is 6. The second-order valence-electron chi connectivity index (χ2n) is 5.98. The Kier molecular flexibility index (Phi) is 6.66. The van der Waals surface area contributed by atoms with Crippen molar-refractivity contribution in [2.24, 2.45) is 5.92 Å². The van der Waals surface area contributed by atoms with Gasteiger partial charge >= 0.3 is 6.36 Å². The van der Waals surface area contributed by atoms with Crippen molar-refractivity contribution in [1.29, 1.82) is 0 Å². The Bertz CT molecular complexity index is 599. The third-order valence-electron chi connectivity index (χ3n) is 4.07. The van der Waals surface area contributed by atoms with Crippen LogP contribution in [-0.4, -0.2) is 24.7 Å². The number of carbonyl (C=O) groups excluding carboxylic acids is 2. The van der Waals surface area contributed by atoms with Crippen molar-refractivity contribution >= 4 is 11.8 Å². The van der Waals surface area contributed by atoms with Crippen LogP contribution in [0.25, 0.3) is 0 Å². The van der Waals surface area contributed by atoms with Gasteiger partial charge in [0, 0.05) is 18.0 Å². The van der Waals surface area contributed by atoms with E-state index in [0.717, 1.165) is 32.1 Å². The number of carbonyl (C=O) groups is 2. The maximum atomic E-state index is 12.3. The molecule has 5 nitrogen and oxygen atoms in total. The molecule has 0 saturated heterocycles. The van der Waals surface area contributed by atoms with E-state index in [9.17, 15) is 22.8 Å². The third-order valence-corrected chi connectivity index (χ3v) is 4.07. The van der Waals surface area contributed by atoms with E-state index in [1.54, 1.807) is 6.07 Å². The van der Waals surface area contributed by atoms with Crippen LogP contribution in [0.2, 0.25) is 0 Å². The minimum atomic E-state index is -4.80. The molecule has 0 aliphatic heterocycles. The molecule has 1 aliphatic rings. The Hall–Kier alpha value is -2.25. The lowest BCUT2D eigenvalue weighted by atomic mass is 9.89. The number of benzene rings is 1. The molecule has 1 aliphatic carbocycles. The van der Waals surface area contributed by atoms with E-state index in [0.29, 0.717) is 0 Å². The molecule has 138 valence electrons. The smallest absolute Gasteiger partial charge is 0.405 e. The van der Waals surface area contributed by atoms with Crippen molar-refractivity contribution in [1.82, 2.24) is 10.6 Å². The molecule has 0 atom stereocenters. The predicted octanol–water partition coefficient (Wildman–Crippen LogP) is 2.90. The van der Waals surface area contributed by atoms with Gasteiger partial charge in [-0.05, 0) is 18.9 Å². The fraction of sp³-hybridized carbons (Fsp3) is 0.529. The number of amides is 2. The Labute approximate surface area is 143 Å². The number of para-hydroxylation sites is 1. The maximum absolute atomic E-state index is 12.3. The molecule has 2 rings (SSSR count). The average Bonchev–Trinajstić information content (AvgIpc) is 2.58. The van der Waals surface area contributed by atoms with E-state index < -0.39 is 12.3 Å². The molecule has 1 fully saturated rings.